The normalized spacial score (nSPS) is 14.1. The molecule has 1 aliphatic heterocycles. The van der Waals surface area contributed by atoms with E-state index in [1.54, 1.807) is 23.5 Å². The van der Waals surface area contributed by atoms with Crippen LogP contribution >= 0.6 is 23.1 Å². The molecule has 4 rings (SSSR count). The summed E-state index contributed by atoms with van der Waals surface area (Å²) in [5, 5.41) is 9.53. The van der Waals surface area contributed by atoms with E-state index >= 15 is 0 Å². The predicted octanol–water partition coefficient (Wildman–Crippen LogP) is 3.22. The number of nitrogens with zero attached hydrogens (tertiary/aromatic N) is 3. The number of Topliss-reactive ketones (excluding diaryl/α,β-unsaturated/α-hetero) is 1. The third kappa shape index (κ3) is 3.98. The van der Waals surface area contributed by atoms with E-state index in [4.69, 9.17) is 0 Å². The van der Waals surface area contributed by atoms with Gasteiger partial charge >= 0.3 is 0 Å². The topological polar surface area (TPSA) is 96.0 Å². The molecule has 28 heavy (non-hydrogen) atoms. The summed E-state index contributed by atoms with van der Waals surface area (Å²) in [7, 11) is -3.31. The number of nitrogens with one attached hydrogen (secondary N) is 1. The SMILES string of the molecule is CS(=O)(=O)N1CCCc2cc(C(=O)CSc3n[nH]c(-c4cccs4)n3)ccc21. The number of anilines is 1. The molecule has 146 valence electrons. The first-order chi connectivity index (χ1) is 13.4. The van der Waals surface area contributed by atoms with Crippen molar-refractivity contribution in [3.63, 3.8) is 0 Å². The molecular formula is C18H18N4O3S3. The third-order valence-electron chi connectivity index (χ3n) is 4.43. The molecule has 2 aromatic heterocycles. The average Bonchev–Trinajstić information content (AvgIpc) is 3.35. The lowest BCUT2D eigenvalue weighted by Crippen LogP contribution is -2.34. The van der Waals surface area contributed by atoms with Crippen LogP contribution in [0.3, 0.4) is 0 Å². The van der Waals surface area contributed by atoms with Crippen LogP contribution in [0.15, 0.2) is 40.9 Å². The lowest BCUT2D eigenvalue weighted by Gasteiger charge is -2.29. The second kappa shape index (κ2) is 7.69. The van der Waals surface area contributed by atoms with Gasteiger partial charge in [0.25, 0.3) is 0 Å². The van der Waals surface area contributed by atoms with Crippen LogP contribution < -0.4 is 4.31 Å². The Bertz CT molecular complexity index is 1110. The number of thiophene rings is 1. The van der Waals surface area contributed by atoms with E-state index in [1.165, 1.54) is 22.3 Å². The summed E-state index contributed by atoms with van der Waals surface area (Å²) in [5.41, 5.74) is 2.15. The number of benzene rings is 1. The van der Waals surface area contributed by atoms with Crippen molar-refractivity contribution < 1.29 is 13.2 Å². The molecule has 0 aliphatic carbocycles. The number of H-pyrrole nitrogens is 1. The maximum Gasteiger partial charge on any atom is 0.232 e. The van der Waals surface area contributed by atoms with Crippen LogP contribution in [-0.4, -0.2) is 47.9 Å². The van der Waals surface area contributed by atoms with Gasteiger partial charge in [-0.1, -0.05) is 17.8 Å². The highest BCUT2D eigenvalue weighted by molar-refractivity contribution is 7.99. The summed E-state index contributed by atoms with van der Waals surface area (Å²) >= 11 is 2.85. The zero-order valence-electron chi connectivity index (χ0n) is 15.1. The van der Waals surface area contributed by atoms with E-state index in [0.717, 1.165) is 23.3 Å². The van der Waals surface area contributed by atoms with Crippen molar-refractivity contribution in [1.82, 2.24) is 15.2 Å². The molecule has 0 saturated heterocycles. The first kappa shape index (κ1) is 19.2. The fourth-order valence-corrected chi connectivity index (χ4v) is 5.48. The van der Waals surface area contributed by atoms with Crippen LogP contribution in [0.5, 0.6) is 0 Å². The zero-order chi connectivity index (χ0) is 19.7. The number of aryl methyl sites for hydroxylation is 1. The lowest BCUT2D eigenvalue weighted by atomic mass is 9.99. The average molecular weight is 435 g/mol. The van der Waals surface area contributed by atoms with Crippen LogP contribution in [0.4, 0.5) is 5.69 Å². The van der Waals surface area contributed by atoms with Gasteiger partial charge in [0.15, 0.2) is 11.6 Å². The highest BCUT2D eigenvalue weighted by Gasteiger charge is 2.24. The Morgan fingerprint density at radius 3 is 2.96 bits per heavy atom. The Hall–Kier alpha value is -2.17. The number of rotatable bonds is 6. The standard InChI is InChI=1S/C18H18N4O3S3/c1-28(24,25)22-8-2-4-12-10-13(6-7-14(12)22)15(23)11-27-18-19-17(20-21-18)16-5-3-9-26-16/h3,5-7,9-10H,2,4,8,11H2,1H3,(H,19,20,21). The highest BCUT2D eigenvalue weighted by Crippen LogP contribution is 2.30. The number of sulfonamides is 1. The molecule has 0 spiro atoms. The van der Waals surface area contributed by atoms with Crippen molar-refractivity contribution in [3.05, 3.63) is 46.8 Å². The van der Waals surface area contributed by atoms with Crippen LogP contribution in [-0.2, 0) is 16.4 Å². The quantitative estimate of drug-likeness (QED) is 0.473. The van der Waals surface area contributed by atoms with E-state index in [-0.39, 0.29) is 11.5 Å². The summed E-state index contributed by atoms with van der Waals surface area (Å²) < 4.78 is 25.3. The van der Waals surface area contributed by atoms with Crippen LogP contribution in [0.2, 0.25) is 0 Å². The fourth-order valence-electron chi connectivity index (χ4n) is 3.13. The number of hydrogen-bond acceptors (Lipinski definition) is 7. The Morgan fingerprint density at radius 2 is 2.21 bits per heavy atom. The molecule has 0 unspecified atom stereocenters. The summed E-state index contributed by atoms with van der Waals surface area (Å²) in [5.74, 6) is 0.877. The molecule has 1 N–H and O–H groups in total. The van der Waals surface area contributed by atoms with Crippen molar-refractivity contribution >= 4 is 44.6 Å². The van der Waals surface area contributed by atoms with Crippen molar-refractivity contribution in [2.24, 2.45) is 0 Å². The molecule has 7 nitrogen and oxygen atoms in total. The van der Waals surface area contributed by atoms with Crippen molar-refractivity contribution in [2.75, 3.05) is 22.9 Å². The van der Waals surface area contributed by atoms with E-state index in [2.05, 4.69) is 15.2 Å². The Balaban J connectivity index is 1.46. The van der Waals surface area contributed by atoms with Crippen molar-refractivity contribution in [3.8, 4) is 10.7 Å². The van der Waals surface area contributed by atoms with Gasteiger partial charge in [-0.25, -0.2) is 13.4 Å². The summed E-state index contributed by atoms with van der Waals surface area (Å²) in [6.07, 6.45) is 2.72. The summed E-state index contributed by atoms with van der Waals surface area (Å²) in [6.45, 7) is 0.479. The maximum absolute atomic E-state index is 12.6. The Kier molecular flexibility index (Phi) is 5.26. The molecule has 0 radical (unpaired) electrons. The first-order valence-electron chi connectivity index (χ1n) is 8.65. The number of carbonyl (C=O) groups excluding carboxylic acids is 1. The zero-order valence-corrected chi connectivity index (χ0v) is 17.5. The van der Waals surface area contributed by atoms with Gasteiger partial charge in [-0.3, -0.25) is 14.2 Å². The van der Waals surface area contributed by atoms with Gasteiger partial charge in [0.1, 0.15) is 0 Å². The van der Waals surface area contributed by atoms with Gasteiger partial charge in [0.2, 0.25) is 15.2 Å². The van der Waals surface area contributed by atoms with Gasteiger partial charge in [-0.05, 0) is 48.1 Å². The number of hydrogen-bond donors (Lipinski definition) is 1. The number of thioether (sulfide) groups is 1. The Labute approximate surface area is 171 Å². The second-order valence-electron chi connectivity index (χ2n) is 6.44. The highest BCUT2D eigenvalue weighted by atomic mass is 32.2. The minimum Gasteiger partial charge on any atom is -0.293 e. The van der Waals surface area contributed by atoms with Crippen molar-refractivity contribution in [2.45, 2.75) is 18.0 Å². The number of aromatic amines is 1. The number of fused-ring (bicyclic) bond motifs is 1. The van der Waals surface area contributed by atoms with Gasteiger partial charge < -0.3 is 0 Å². The van der Waals surface area contributed by atoms with Gasteiger partial charge in [0, 0.05) is 12.1 Å². The summed E-state index contributed by atoms with van der Waals surface area (Å²) in [4.78, 5) is 18.0. The monoisotopic (exact) mass is 434 g/mol. The predicted molar refractivity (Wildman–Crippen MR) is 112 cm³/mol. The molecule has 1 aliphatic rings. The fraction of sp³-hybridized carbons (Fsp3) is 0.278. The Morgan fingerprint density at radius 1 is 1.36 bits per heavy atom. The molecule has 0 amide bonds. The molecule has 3 aromatic rings. The van der Waals surface area contributed by atoms with Gasteiger partial charge in [0.05, 0.1) is 22.6 Å². The maximum atomic E-state index is 12.6. The van der Waals surface area contributed by atoms with Crippen LogP contribution in [0.1, 0.15) is 22.3 Å². The molecule has 1 aromatic carbocycles. The minimum atomic E-state index is -3.31. The summed E-state index contributed by atoms with van der Waals surface area (Å²) in [6, 6.07) is 9.14. The van der Waals surface area contributed by atoms with Crippen LogP contribution in [0.25, 0.3) is 10.7 Å². The molecule has 0 fully saturated rings. The number of ketones is 1. The van der Waals surface area contributed by atoms with E-state index < -0.39 is 10.0 Å². The van der Waals surface area contributed by atoms with E-state index in [0.29, 0.717) is 28.8 Å². The largest absolute Gasteiger partial charge is 0.293 e. The van der Waals surface area contributed by atoms with Crippen molar-refractivity contribution in [1.29, 1.82) is 0 Å². The van der Waals surface area contributed by atoms with Gasteiger partial charge in [-0.15, -0.1) is 16.4 Å². The number of aromatic nitrogens is 3. The molecule has 3 heterocycles. The first-order valence-corrected chi connectivity index (χ1v) is 12.4. The minimum absolute atomic E-state index is 0.0354. The van der Waals surface area contributed by atoms with Crippen LogP contribution in [0, 0.1) is 0 Å². The molecular weight excluding hydrogens is 416 g/mol. The molecule has 0 atom stereocenters. The second-order valence-corrected chi connectivity index (χ2v) is 10.2. The lowest BCUT2D eigenvalue weighted by molar-refractivity contribution is 0.102. The third-order valence-corrected chi connectivity index (χ3v) is 7.33. The molecule has 0 saturated carbocycles. The van der Waals surface area contributed by atoms with Gasteiger partial charge in [-0.2, -0.15) is 0 Å². The number of carbonyl (C=O) groups is 1. The smallest absolute Gasteiger partial charge is 0.232 e. The molecule has 10 heteroatoms. The molecule has 0 bridgehead atoms. The van der Waals surface area contributed by atoms with E-state index in [1.807, 2.05) is 23.6 Å². The van der Waals surface area contributed by atoms with E-state index in [9.17, 15) is 13.2 Å².